The van der Waals surface area contributed by atoms with Crippen molar-refractivity contribution in [3.8, 4) is 0 Å². The number of carbonyl (C=O) groups is 1. The molecule has 0 spiro atoms. The van der Waals surface area contributed by atoms with Crippen LogP contribution in [0.15, 0.2) is 5.51 Å². The van der Waals surface area contributed by atoms with Gasteiger partial charge in [0.25, 0.3) is 0 Å². The predicted molar refractivity (Wildman–Crippen MR) is 71.2 cm³/mol. The topological polar surface area (TPSA) is 73.7 Å². The van der Waals surface area contributed by atoms with E-state index in [2.05, 4.69) is 4.98 Å². The van der Waals surface area contributed by atoms with Gasteiger partial charge in [-0.3, -0.25) is 0 Å². The molecule has 0 aliphatic heterocycles. The van der Waals surface area contributed by atoms with Gasteiger partial charge in [-0.05, 0) is 27.2 Å². The van der Waals surface area contributed by atoms with Gasteiger partial charge in [-0.15, -0.1) is 11.3 Å². The van der Waals surface area contributed by atoms with E-state index in [4.69, 9.17) is 16.7 Å². The van der Waals surface area contributed by atoms with Crippen LogP contribution < -0.4 is 0 Å². The molecular weight excluding hydrogens is 276 g/mol. The second-order valence-corrected chi connectivity index (χ2v) is 6.16. The Labute approximate surface area is 115 Å². The summed E-state index contributed by atoms with van der Waals surface area (Å²) >= 11 is 7.08. The smallest absolute Gasteiger partial charge is 0.407 e. The number of carboxylic acid groups (broad SMARTS) is 1. The van der Waals surface area contributed by atoms with Gasteiger partial charge in [-0.2, -0.15) is 0 Å². The third kappa shape index (κ3) is 3.83. The number of aliphatic hydroxyl groups excluding tert-OH is 1. The lowest BCUT2D eigenvalue weighted by Crippen LogP contribution is -2.45. The molecule has 0 aromatic carbocycles. The first kappa shape index (κ1) is 15.2. The fourth-order valence-electron chi connectivity index (χ4n) is 1.56. The molecule has 1 unspecified atom stereocenters. The SMILES string of the molecule is CC(C)(C)N(CCC(O)c1scnc1Cl)C(=O)O. The molecule has 5 nitrogen and oxygen atoms in total. The number of aliphatic hydroxyl groups is 1. The molecular formula is C11H17ClN2O3S. The van der Waals surface area contributed by atoms with Gasteiger partial charge in [-0.1, -0.05) is 11.6 Å². The molecule has 1 aromatic heterocycles. The summed E-state index contributed by atoms with van der Waals surface area (Å²) < 4.78 is 0. The highest BCUT2D eigenvalue weighted by Gasteiger charge is 2.27. The summed E-state index contributed by atoms with van der Waals surface area (Å²) in [6, 6.07) is 0. The highest BCUT2D eigenvalue weighted by Crippen LogP contribution is 2.28. The molecule has 1 amide bonds. The zero-order chi connectivity index (χ0) is 13.9. The first-order valence-electron chi connectivity index (χ1n) is 5.51. The maximum Gasteiger partial charge on any atom is 0.407 e. The maximum atomic E-state index is 11.1. The molecule has 0 aliphatic carbocycles. The summed E-state index contributed by atoms with van der Waals surface area (Å²) in [5.74, 6) is 0. The Kier molecular flexibility index (Phi) is 4.95. The van der Waals surface area contributed by atoms with Gasteiger partial charge in [-0.25, -0.2) is 9.78 Å². The van der Waals surface area contributed by atoms with Gasteiger partial charge in [0.05, 0.1) is 16.5 Å². The molecule has 1 rings (SSSR count). The fraction of sp³-hybridized carbons (Fsp3) is 0.636. The van der Waals surface area contributed by atoms with Crippen LogP contribution in [0.4, 0.5) is 4.79 Å². The fourth-order valence-corrected chi connectivity index (χ4v) is 2.62. The van der Waals surface area contributed by atoms with Gasteiger partial charge in [0.2, 0.25) is 0 Å². The monoisotopic (exact) mass is 292 g/mol. The van der Waals surface area contributed by atoms with E-state index in [1.807, 2.05) is 20.8 Å². The number of nitrogens with zero attached hydrogens (tertiary/aromatic N) is 2. The molecule has 102 valence electrons. The van der Waals surface area contributed by atoms with Crippen LogP contribution in [-0.4, -0.2) is 38.3 Å². The molecule has 18 heavy (non-hydrogen) atoms. The van der Waals surface area contributed by atoms with E-state index in [-0.39, 0.29) is 11.7 Å². The lowest BCUT2D eigenvalue weighted by molar-refractivity contribution is 0.0828. The summed E-state index contributed by atoms with van der Waals surface area (Å²) in [6.45, 7) is 5.68. The van der Waals surface area contributed by atoms with Gasteiger partial charge < -0.3 is 15.1 Å². The van der Waals surface area contributed by atoms with Crippen molar-refractivity contribution in [3.05, 3.63) is 15.5 Å². The number of amides is 1. The van der Waals surface area contributed by atoms with Gasteiger partial charge >= 0.3 is 6.09 Å². The van der Waals surface area contributed by atoms with E-state index in [1.165, 1.54) is 16.2 Å². The Morgan fingerprint density at radius 2 is 2.22 bits per heavy atom. The Morgan fingerprint density at radius 3 is 2.61 bits per heavy atom. The number of thiazole rings is 1. The highest BCUT2D eigenvalue weighted by atomic mass is 35.5. The zero-order valence-corrected chi connectivity index (χ0v) is 12.1. The van der Waals surface area contributed by atoms with Crippen molar-refractivity contribution in [2.75, 3.05) is 6.54 Å². The number of rotatable bonds is 4. The largest absolute Gasteiger partial charge is 0.465 e. The van der Waals surface area contributed by atoms with Crippen molar-refractivity contribution in [2.45, 2.75) is 38.8 Å². The third-order valence-electron chi connectivity index (χ3n) is 2.52. The normalized spacial score (nSPS) is 13.4. The summed E-state index contributed by atoms with van der Waals surface area (Å²) in [6.07, 6.45) is -1.48. The first-order chi connectivity index (χ1) is 8.23. The van der Waals surface area contributed by atoms with Crippen LogP contribution in [0.2, 0.25) is 5.15 Å². The highest BCUT2D eigenvalue weighted by molar-refractivity contribution is 7.10. The molecule has 1 aromatic rings. The van der Waals surface area contributed by atoms with Crippen molar-refractivity contribution in [2.24, 2.45) is 0 Å². The van der Waals surface area contributed by atoms with Crippen LogP contribution in [0, 0.1) is 0 Å². The lowest BCUT2D eigenvalue weighted by Gasteiger charge is -2.33. The van der Waals surface area contributed by atoms with E-state index in [0.29, 0.717) is 11.3 Å². The number of hydrogen-bond donors (Lipinski definition) is 2. The third-order valence-corrected chi connectivity index (χ3v) is 3.86. The van der Waals surface area contributed by atoms with Crippen molar-refractivity contribution in [1.29, 1.82) is 0 Å². The van der Waals surface area contributed by atoms with E-state index >= 15 is 0 Å². The average molecular weight is 293 g/mol. The maximum absolute atomic E-state index is 11.1. The molecule has 0 radical (unpaired) electrons. The van der Waals surface area contributed by atoms with Gasteiger partial charge in [0, 0.05) is 12.1 Å². The van der Waals surface area contributed by atoms with E-state index in [0.717, 1.165) is 0 Å². The molecule has 0 fully saturated rings. The Morgan fingerprint density at radius 1 is 1.61 bits per heavy atom. The first-order valence-corrected chi connectivity index (χ1v) is 6.76. The van der Waals surface area contributed by atoms with Crippen molar-refractivity contribution in [3.63, 3.8) is 0 Å². The Hall–Kier alpha value is -0.850. The second kappa shape index (κ2) is 5.86. The molecule has 0 aliphatic rings. The van der Waals surface area contributed by atoms with Gasteiger partial charge in [0.15, 0.2) is 0 Å². The van der Waals surface area contributed by atoms with Crippen LogP contribution >= 0.6 is 22.9 Å². The number of aromatic nitrogens is 1. The quantitative estimate of drug-likeness (QED) is 0.894. The molecule has 0 bridgehead atoms. The van der Waals surface area contributed by atoms with E-state index in [9.17, 15) is 9.90 Å². The molecule has 7 heteroatoms. The molecule has 1 heterocycles. The number of hydrogen-bond acceptors (Lipinski definition) is 4. The van der Waals surface area contributed by atoms with Crippen LogP contribution in [0.25, 0.3) is 0 Å². The zero-order valence-electron chi connectivity index (χ0n) is 10.6. The second-order valence-electron chi connectivity index (χ2n) is 4.92. The minimum Gasteiger partial charge on any atom is -0.465 e. The summed E-state index contributed by atoms with van der Waals surface area (Å²) in [4.78, 5) is 16.8. The average Bonchev–Trinajstić information content (AvgIpc) is 2.61. The molecule has 2 N–H and O–H groups in total. The molecule has 0 saturated carbocycles. The Balaban J connectivity index is 2.64. The standard InChI is InChI=1S/C11H17ClN2O3S/c1-11(2,3)14(10(16)17)5-4-7(15)8-9(12)13-6-18-8/h6-7,15H,4-5H2,1-3H3,(H,16,17). The lowest BCUT2D eigenvalue weighted by atomic mass is 10.1. The van der Waals surface area contributed by atoms with Crippen molar-refractivity contribution >= 4 is 29.0 Å². The minimum atomic E-state index is -0.995. The number of halogens is 1. The molecule has 0 saturated heterocycles. The van der Waals surface area contributed by atoms with Crippen LogP contribution in [0.3, 0.4) is 0 Å². The van der Waals surface area contributed by atoms with Gasteiger partial charge in [0.1, 0.15) is 5.15 Å². The van der Waals surface area contributed by atoms with E-state index in [1.54, 1.807) is 5.51 Å². The minimum absolute atomic E-state index is 0.244. The van der Waals surface area contributed by atoms with Crippen LogP contribution in [-0.2, 0) is 0 Å². The van der Waals surface area contributed by atoms with Crippen molar-refractivity contribution < 1.29 is 15.0 Å². The van der Waals surface area contributed by atoms with E-state index < -0.39 is 17.7 Å². The summed E-state index contributed by atoms with van der Waals surface area (Å²) in [5.41, 5.74) is 1.06. The molecule has 1 atom stereocenters. The predicted octanol–water partition coefficient (Wildman–Crippen LogP) is 3.00. The van der Waals surface area contributed by atoms with Crippen LogP contribution in [0.1, 0.15) is 38.2 Å². The summed E-state index contributed by atoms with van der Waals surface area (Å²) in [5, 5.41) is 19.4. The summed E-state index contributed by atoms with van der Waals surface area (Å²) in [7, 11) is 0. The van der Waals surface area contributed by atoms with Crippen LogP contribution in [0.5, 0.6) is 0 Å². The Bertz CT molecular complexity index is 417. The van der Waals surface area contributed by atoms with Crippen molar-refractivity contribution in [1.82, 2.24) is 9.88 Å².